The highest BCUT2D eigenvalue weighted by Gasteiger charge is 2.34. The zero-order chi connectivity index (χ0) is 25.1. The van der Waals surface area contributed by atoms with E-state index in [0.29, 0.717) is 0 Å². The van der Waals surface area contributed by atoms with Crippen LogP contribution in [0.15, 0.2) is 65.1 Å². The number of alkyl halides is 6. The smallest absolute Gasteiger partial charge is 0.418 e. The summed E-state index contributed by atoms with van der Waals surface area (Å²) in [7, 11) is 0. The Kier molecular flexibility index (Phi) is 7.04. The van der Waals surface area contributed by atoms with Crippen molar-refractivity contribution in [1.29, 1.82) is 0 Å². The predicted molar refractivity (Wildman–Crippen MR) is 111 cm³/mol. The molecule has 5 nitrogen and oxygen atoms in total. The third-order valence-electron chi connectivity index (χ3n) is 4.80. The van der Waals surface area contributed by atoms with Crippen LogP contribution in [-0.4, -0.2) is 29.8 Å². The molecule has 180 valence electrons. The first-order valence-electron chi connectivity index (χ1n) is 9.93. The van der Waals surface area contributed by atoms with Gasteiger partial charge in [0.05, 0.1) is 16.8 Å². The molecule has 3 aromatic rings. The Morgan fingerprint density at radius 2 is 1.62 bits per heavy atom. The van der Waals surface area contributed by atoms with Gasteiger partial charge in [-0.05, 0) is 43.3 Å². The van der Waals surface area contributed by atoms with Gasteiger partial charge in [-0.3, -0.25) is 9.59 Å². The molecule has 1 heterocycles. The fourth-order valence-electron chi connectivity index (χ4n) is 3.14. The number of anilines is 1. The number of para-hydroxylation sites is 1. The summed E-state index contributed by atoms with van der Waals surface area (Å²) in [6.45, 7) is 0.999. The molecule has 0 aliphatic heterocycles. The number of hydrogen-bond acceptors (Lipinski definition) is 3. The number of amides is 2. The van der Waals surface area contributed by atoms with Gasteiger partial charge in [-0.15, -0.1) is 0 Å². The highest BCUT2D eigenvalue weighted by Crippen LogP contribution is 2.35. The van der Waals surface area contributed by atoms with Crippen LogP contribution in [0, 0.1) is 0 Å². The Labute approximate surface area is 190 Å². The highest BCUT2D eigenvalue weighted by molar-refractivity contribution is 5.98. The van der Waals surface area contributed by atoms with E-state index in [9.17, 15) is 35.9 Å². The molecule has 0 atom stereocenters. The lowest BCUT2D eigenvalue weighted by atomic mass is 10.1. The van der Waals surface area contributed by atoms with Gasteiger partial charge < -0.3 is 14.6 Å². The molecule has 0 unspecified atom stereocenters. The SMILES string of the molecule is CCN(CC(=O)Nc1ccccc1C(F)(F)F)C(=O)c1ccc(-c2cccc(C(F)(F)F)c2)o1. The quantitative estimate of drug-likeness (QED) is 0.431. The first-order valence-corrected chi connectivity index (χ1v) is 9.93. The minimum atomic E-state index is -4.68. The molecule has 0 radical (unpaired) electrons. The van der Waals surface area contributed by atoms with Crippen LogP contribution in [0.2, 0.25) is 0 Å². The van der Waals surface area contributed by atoms with Gasteiger partial charge in [0.2, 0.25) is 5.91 Å². The Balaban J connectivity index is 1.74. The minimum absolute atomic E-state index is 0.00839. The lowest BCUT2D eigenvalue weighted by Gasteiger charge is -2.20. The summed E-state index contributed by atoms with van der Waals surface area (Å²) in [6, 6.07) is 11.3. The summed E-state index contributed by atoms with van der Waals surface area (Å²) in [5.41, 5.74) is -2.28. The van der Waals surface area contributed by atoms with Gasteiger partial charge in [0.1, 0.15) is 12.3 Å². The summed E-state index contributed by atoms with van der Waals surface area (Å²) in [5.74, 6) is -1.84. The molecule has 1 N–H and O–H groups in total. The number of nitrogens with zero attached hydrogens (tertiary/aromatic N) is 1. The maximum Gasteiger partial charge on any atom is 0.418 e. The molecule has 34 heavy (non-hydrogen) atoms. The average molecular weight is 484 g/mol. The van der Waals surface area contributed by atoms with Gasteiger partial charge in [-0.25, -0.2) is 0 Å². The van der Waals surface area contributed by atoms with Crippen LogP contribution < -0.4 is 5.32 Å². The first kappa shape index (κ1) is 24.9. The van der Waals surface area contributed by atoms with E-state index >= 15 is 0 Å². The second-order valence-corrected chi connectivity index (χ2v) is 7.15. The van der Waals surface area contributed by atoms with E-state index in [1.54, 1.807) is 6.92 Å². The van der Waals surface area contributed by atoms with Crippen molar-refractivity contribution in [1.82, 2.24) is 4.90 Å². The van der Waals surface area contributed by atoms with E-state index in [1.165, 1.54) is 36.4 Å². The molecule has 11 heteroatoms. The number of rotatable bonds is 6. The number of carbonyl (C=O) groups excluding carboxylic acids is 2. The number of hydrogen-bond donors (Lipinski definition) is 1. The fraction of sp³-hybridized carbons (Fsp3) is 0.217. The third kappa shape index (κ3) is 5.77. The molecule has 0 bridgehead atoms. The van der Waals surface area contributed by atoms with E-state index in [1.807, 2.05) is 0 Å². The van der Waals surface area contributed by atoms with Crippen molar-refractivity contribution in [2.45, 2.75) is 19.3 Å². The summed E-state index contributed by atoms with van der Waals surface area (Å²) in [5, 5.41) is 2.15. The van der Waals surface area contributed by atoms with Crippen LogP contribution >= 0.6 is 0 Å². The molecule has 2 amide bonds. The number of nitrogens with one attached hydrogen (secondary N) is 1. The number of furan rings is 1. The van der Waals surface area contributed by atoms with E-state index in [0.717, 1.165) is 29.2 Å². The van der Waals surface area contributed by atoms with Gasteiger partial charge in [-0.1, -0.05) is 24.3 Å². The highest BCUT2D eigenvalue weighted by atomic mass is 19.4. The Hall–Kier alpha value is -3.76. The second kappa shape index (κ2) is 9.62. The number of halogens is 6. The lowest BCUT2D eigenvalue weighted by Crippen LogP contribution is -2.38. The van der Waals surface area contributed by atoms with Crippen LogP contribution in [0.4, 0.5) is 32.0 Å². The van der Waals surface area contributed by atoms with Crippen LogP contribution in [0.5, 0.6) is 0 Å². The van der Waals surface area contributed by atoms with Gasteiger partial charge in [0.25, 0.3) is 5.91 Å². The summed E-state index contributed by atoms with van der Waals surface area (Å²) in [4.78, 5) is 26.1. The van der Waals surface area contributed by atoms with Crippen molar-refractivity contribution in [3.8, 4) is 11.3 Å². The molecule has 0 saturated heterocycles. The normalized spacial score (nSPS) is 11.9. The van der Waals surface area contributed by atoms with Crippen molar-refractivity contribution in [2.24, 2.45) is 0 Å². The van der Waals surface area contributed by atoms with E-state index in [4.69, 9.17) is 4.42 Å². The van der Waals surface area contributed by atoms with Crippen LogP contribution in [-0.2, 0) is 17.1 Å². The molecular weight excluding hydrogens is 466 g/mol. The number of likely N-dealkylation sites (N-methyl/N-ethyl adjacent to an activating group) is 1. The molecule has 0 fully saturated rings. The van der Waals surface area contributed by atoms with Crippen molar-refractivity contribution in [3.05, 3.63) is 77.6 Å². The molecule has 3 rings (SSSR count). The fourth-order valence-corrected chi connectivity index (χ4v) is 3.14. The third-order valence-corrected chi connectivity index (χ3v) is 4.80. The number of carbonyl (C=O) groups is 2. The predicted octanol–water partition coefficient (Wildman–Crippen LogP) is 6.09. The lowest BCUT2D eigenvalue weighted by molar-refractivity contribution is -0.138. The van der Waals surface area contributed by atoms with E-state index in [-0.39, 0.29) is 23.6 Å². The molecule has 1 aromatic heterocycles. The van der Waals surface area contributed by atoms with Gasteiger partial charge in [0.15, 0.2) is 5.76 Å². The molecular formula is C23H18F6N2O3. The van der Waals surface area contributed by atoms with Crippen LogP contribution in [0.25, 0.3) is 11.3 Å². The summed E-state index contributed by atoms with van der Waals surface area (Å²) in [6.07, 6.45) is -9.24. The first-order chi connectivity index (χ1) is 15.9. The largest absolute Gasteiger partial charge is 0.451 e. The van der Waals surface area contributed by atoms with Crippen molar-refractivity contribution in [2.75, 3.05) is 18.4 Å². The maximum atomic E-state index is 13.1. The van der Waals surface area contributed by atoms with Gasteiger partial charge in [0, 0.05) is 12.1 Å². The molecule has 0 aliphatic rings. The summed E-state index contributed by atoms with van der Waals surface area (Å²) >= 11 is 0. The monoisotopic (exact) mass is 484 g/mol. The maximum absolute atomic E-state index is 13.1. The number of benzene rings is 2. The van der Waals surface area contributed by atoms with Gasteiger partial charge in [-0.2, -0.15) is 26.3 Å². The Bertz CT molecular complexity index is 1180. The minimum Gasteiger partial charge on any atom is -0.451 e. The van der Waals surface area contributed by atoms with Crippen molar-refractivity contribution < 1.29 is 40.3 Å². The molecule has 0 saturated carbocycles. The summed E-state index contributed by atoms with van der Waals surface area (Å²) < 4.78 is 83.6. The Morgan fingerprint density at radius 1 is 0.912 bits per heavy atom. The van der Waals surface area contributed by atoms with E-state index < -0.39 is 47.5 Å². The standard InChI is InChI=1S/C23H18F6N2O3/c1-2-31(13-20(32)30-17-9-4-3-8-16(17)23(27,28)29)21(33)19-11-10-18(34-19)14-6-5-7-15(12-14)22(24,25)26/h3-12H,2,13H2,1H3,(H,30,32). The van der Waals surface area contributed by atoms with Crippen LogP contribution in [0.3, 0.4) is 0 Å². The van der Waals surface area contributed by atoms with Gasteiger partial charge >= 0.3 is 12.4 Å². The topological polar surface area (TPSA) is 62.6 Å². The van der Waals surface area contributed by atoms with Crippen molar-refractivity contribution >= 4 is 17.5 Å². The Morgan fingerprint density at radius 3 is 2.26 bits per heavy atom. The molecule has 2 aromatic carbocycles. The molecule has 0 aliphatic carbocycles. The van der Waals surface area contributed by atoms with Crippen molar-refractivity contribution in [3.63, 3.8) is 0 Å². The molecule has 0 spiro atoms. The zero-order valence-electron chi connectivity index (χ0n) is 17.6. The second-order valence-electron chi connectivity index (χ2n) is 7.15. The van der Waals surface area contributed by atoms with Crippen LogP contribution in [0.1, 0.15) is 28.6 Å². The van der Waals surface area contributed by atoms with E-state index in [2.05, 4.69) is 5.32 Å². The average Bonchev–Trinajstić information content (AvgIpc) is 3.26. The zero-order valence-corrected chi connectivity index (χ0v) is 17.6.